The van der Waals surface area contributed by atoms with Crippen molar-refractivity contribution in [2.24, 2.45) is 17.8 Å². The van der Waals surface area contributed by atoms with Crippen molar-refractivity contribution in [3.63, 3.8) is 0 Å². The quantitative estimate of drug-likeness (QED) is 0.469. The second-order valence-corrected chi connectivity index (χ2v) is 10.8. The zero-order valence-electron chi connectivity index (χ0n) is 19.9. The summed E-state index contributed by atoms with van der Waals surface area (Å²) in [6.45, 7) is 4.32. The first-order chi connectivity index (χ1) is 16.2. The molecule has 0 aromatic rings. The molecule has 186 valence electrons. The molecule has 2 saturated carbocycles. The minimum atomic E-state index is -0.0711. The lowest BCUT2D eigenvalue weighted by atomic mass is 9.73. The number of hydrazine groups is 1. The highest BCUT2D eigenvalue weighted by molar-refractivity contribution is 5.79. The zero-order valence-corrected chi connectivity index (χ0v) is 19.9. The average molecular weight is 463 g/mol. The van der Waals surface area contributed by atoms with E-state index in [1.165, 1.54) is 44.9 Å². The first kappa shape index (κ1) is 23.5. The van der Waals surface area contributed by atoms with Crippen LogP contribution >= 0.6 is 0 Å². The van der Waals surface area contributed by atoms with Crippen LogP contribution in [0.5, 0.6) is 0 Å². The highest BCUT2D eigenvalue weighted by Crippen LogP contribution is 2.34. The summed E-state index contributed by atoms with van der Waals surface area (Å²) in [5, 5.41) is 3.55. The summed E-state index contributed by atoms with van der Waals surface area (Å²) in [6.07, 6.45) is 12.4. The van der Waals surface area contributed by atoms with Gasteiger partial charge in [-0.2, -0.15) is 5.48 Å². The van der Waals surface area contributed by atoms with Gasteiger partial charge in [-0.25, -0.2) is 5.43 Å². The maximum Gasteiger partial charge on any atom is 0.237 e. The predicted octanol–water partition coefficient (Wildman–Crippen LogP) is 1.08. The van der Waals surface area contributed by atoms with Gasteiger partial charge in [0.05, 0.1) is 6.17 Å². The molecule has 5 atom stereocenters. The number of rotatable bonds is 6. The SMILES string of the molecule is O=C1NNC(CN2CCN(C(=O)CCC3NC(C4CCCCC4)NO3)CC2)C2CCCCC12. The molecule has 0 radical (unpaired) electrons. The number of nitrogens with zero attached hydrogens (tertiary/aromatic N) is 2. The number of amides is 2. The summed E-state index contributed by atoms with van der Waals surface area (Å²) < 4.78 is 0. The normalized spacial score (nSPS) is 36.4. The van der Waals surface area contributed by atoms with Crippen molar-refractivity contribution in [2.45, 2.75) is 89.1 Å². The van der Waals surface area contributed by atoms with Crippen LogP contribution in [0.15, 0.2) is 0 Å². The molecule has 9 heteroatoms. The third kappa shape index (κ3) is 5.70. The smallest absolute Gasteiger partial charge is 0.237 e. The molecule has 0 aromatic carbocycles. The number of piperazine rings is 1. The van der Waals surface area contributed by atoms with E-state index in [1.807, 2.05) is 4.90 Å². The van der Waals surface area contributed by atoms with Crippen LogP contribution in [0.4, 0.5) is 0 Å². The summed E-state index contributed by atoms with van der Waals surface area (Å²) >= 11 is 0. The maximum atomic E-state index is 12.8. The van der Waals surface area contributed by atoms with E-state index in [-0.39, 0.29) is 30.1 Å². The summed E-state index contributed by atoms with van der Waals surface area (Å²) in [7, 11) is 0. The van der Waals surface area contributed by atoms with Crippen molar-refractivity contribution >= 4 is 11.8 Å². The fraction of sp³-hybridized carbons (Fsp3) is 0.917. The van der Waals surface area contributed by atoms with E-state index in [9.17, 15) is 9.59 Å². The molecule has 2 aliphatic carbocycles. The van der Waals surface area contributed by atoms with Crippen molar-refractivity contribution in [3.8, 4) is 0 Å². The second-order valence-electron chi connectivity index (χ2n) is 10.8. The van der Waals surface area contributed by atoms with Gasteiger partial charge in [-0.1, -0.05) is 32.1 Å². The van der Waals surface area contributed by atoms with Crippen LogP contribution in [-0.4, -0.2) is 72.8 Å². The molecule has 5 fully saturated rings. The number of carbonyl (C=O) groups excluding carboxylic acids is 2. The van der Waals surface area contributed by atoms with Gasteiger partial charge in [0.1, 0.15) is 6.23 Å². The molecule has 5 rings (SSSR count). The fourth-order valence-corrected chi connectivity index (χ4v) is 6.65. The minimum Gasteiger partial charge on any atom is -0.340 e. The van der Waals surface area contributed by atoms with E-state index in [0.29, 0.717) is 30.7 Å². The van der Waals surface area contributed by atoms with Crippen LogP contribution in [0, 0.1) is 17.8 Å². The molecule has 33 heavy (non-hydrogen) atoms. The Hall–Kier alpha value is -1.26. The van der Waals surface area contributed by atoms with Gasteiger partial charge in [-0.05, 0) is 43.9 Å². The Morgan fingerprint density at radius 1 is 0.970 bits per heavy atom. The van der Waals surface area contributed by atoms with E-state index in [0.717, 1.165) is 45.6 Å². The zero-order chi connectivity index (χ0) is 22.6. The second kappa shape index (κ2) is 11.0. The maximum absolute atomic E-state index is 12.8. The van der Waals surface area contributed by atoms with Gasteiger partial charge in [0.2, 0.25) is 11.8 Å². The molecule has 3 saturated heterocycles. The number of fused-ring (bicyclic) bond motifs is 1. The number of hydroxylamine groups is 1. The highest BCUT2D eigenvalue weighted by atomic mass is 16.7. The van der Waals surface area contributed by atoms with Gasteiger partial charge in [0.25, 0.3) is 0 Å². The Balaban J connectivity index is 1.01. The summed E-state index contributed by atoms with van der Waals surface area (Å²) in [5.41, 5.74) is 9.36. The van der Waals surface area contributed by atoms with Gasteiger partial charge in [0.15, 0.2) is 0 Å². The standard InChI is InChI=1S/C24H42N6O3/c31-22(11-10-21-25-23(28-33-21)17-6-2-1-3-7-17)30-14-12-29(13-15-30)16-20-18-8-4-5-9-19(18)24(32)27-26-20/h17-21,23,25-26,28H,1-16H2,(H,27,32). The van der Waals surface area contributed by atoms with Crippen molar-refractivity contribution in [1.82, 2.24) is 31.4 Å². The highest BCUT2D eigenvalue weighted by Gasteiger charge is 2.40. The Bertz CT molecular complexity index is 679. The van der Waals surface area contributed by atoms with Gasteiger partial charge in [-0.3, -0.25) is 30.1 Å². The molecule has 4 N–H and O–H groups in total. The molecule has 3 heterocycles. The lowest BCUT2D eigenvalue weighted by molar-refractivity contribution is -0.136. The molecule has 5 aliphatic rings. The number of carbonyl (C=O) groups is 2. The monoisotopic (exact) mass is 462 g/mol. The van der Waals surface area contributed by atoms with Gasteiger partial charge < -0.3 is 4.90 Å². The lowest BCUT2D eigenvalue weighted by Gasteiger charge is -2.44. The molecule has 0 bridgehead atoms. The lowest BCUT2D eigenvalue weighted by Crippen LogP contribution is -2.63. The molecule has 9 nitrogen and oxygen atoms in total. The van der Waals surface area contributed by atoms with Crippen LogP contribution in [0.1, 0.15) is 70.6 Å². The molecule has 2 amide bonds. The summed E-state index contributed by atoms with van der Waals surface area (Å²) in [6, 6.07) is 0.311. The Morgan fingerprint density at radius 2 is 1.73 bits per heavy atom. The first-order valence-corrected chi connectivity index (χ1v) is 13.4. The van der Waals surface area contributed by atoms with Crippen LogP contribution in [-0.2, 0) is 14.4 Å². The average Bonchev–Trinajstić information content (AvgIpc) is 3.35. The van der Waals surface area contributed by atoms with Crippen LogP contribution in [0.3, 0.4) is 0 Å². The molecule has 3 aliphatic heterocycles. The number of hydrogen-bond donors (Lipinski definition) is 4. The van der Waals surface area contributed by atoms with E-state index >= 15 is 0 Å². The van der Waals surface area contributed by atoms with E-state index in [1.54, 1.807) is 0 Å². The van der Waals surface area contributed by atoms with Gasteiger partial charge in [-0.15, -0.1) is 0 Å². The topological polar surface area (TPSA) is 98.0 Å². The Morgan fingerprint density at radius 3 is 2.55 bits per heavy atom. The summed E-state index contributed by atoms with van der Waals surface area (Å²) in [4.78, 5) is 35.2. The van der Waals surface area contributed by atoms with Crippen LogP contribution in [0.25, 0.3) is 0 Å². The van der Waals surface area contributed by atoms with Crippen molar-refractivity contribution in [2.75, 3.05) is 32.7 Å². The third-order valence-corrected chi connectivity index (χ3v) is 8.68. The first-order valence-electron chi connectivity index (χ1n) is 13.4. The molecular weight excluding hydrogens is 420 g/mol. The van der Waals surface area contributed by atoms with E-state index < -0.39 is 0 Å². The third-order valence-electron chi connectivity index (χ3n) is 8.68. The number of nitrogens with one attached hydrogen (secondary N) is 4. The van der Waals surface area contributed by atoms with Crippen molar-refractivity contribution < 1.29 is 14.4 Å². The largest absolute Gasteiger partial charge is 0.340 e. The molecule has 5 unspecified atom stereocenters. The summed E-state index contributed by atoms with van der Waals surface area (Å²) in [5.74, 6) is 1.66. The van der Waals surface area contributed by atoms with E-state index in [2.05, 4.69) is 26.5 Å². The predicted molar refractivity (Wildman–Crippen MR) is 124 cm³/mol. The minimum absolute atomic E-state index is 0.0711. The van der Waals surface area contributed by atoms with E-state index in [4.69, 9.17) is 4.84 Å². The van der Waals surface area contributed by atoms with Crippen LogP contribution < -0.4 is 21.6 Å². The van der Waals surface area contributed by atoms with Gasteiger partial charge in [0, 0.05) is 51.1 Å². The number of hydrogen-bond acceptors (Lipinski definition) is 7. The fourth-order valence-electron chi connectivity index (χ4n) is 6.65. The molecular formula is C24H42N6O3. The van der Waals surface area contributed by atoms with Gasteiger partial charge >= 0.3 is 0 Å². The molecule has 0 spiro atoms. The Labute approximate surface area is 197 Å². The molecule has 0 aromatic heterocycles. The van der Waals surface area contributed by atoms with Crippen molar-refractivity contribution in [3.05, 3.63) is 0 Å². The van der Waals surface area contributed by atoms with Crippen molar-refractivity contribution in [1.29, 1.82) is 0 Å². The van der Waals surface area contributed by atoms with Crippen LogP contribution in [0.2, 0.25) is 0 Å². The Kier molecular flexibility index (Phi) is 7.82.